The third kappa shape index (κ3) is 4.01. The van der Waals surface area contributed by atoms with E-state index < -0.39 is 0 Å². The molecule has 1 aromatic carbocycles. The maximum Gasteiger partial charge on any atom is 0.0495 e. The van der Waals surface area contributed by atoms with Crippen molar-refractivity contribution in [2.45, 2.75) is 26.2 Å². The van der Waals surface area contributed by atoms with E-state index >= 15 is 0 Å². The molecule has 0 spiro atoms. The molecule has 0 bridgehead atoms. The van der Waals surface area contributed by atoms with E-state index in [1.807, 2.05) is 12.1 Å². The van der Waals surface area contributed by atoms with E-state index in [0.29, 0.717) is 0 Å². The smallest absolute Gasteiger partial charge is 0.0495 e. The first-order valence-electron chi connectivity index (χ1n) is 4.93. The highest BCUT2D eigenvalue weighted by molar-refractivity contribution is 9.11. The van der Waals surface area contributed by atoms with Gasteiger partial charge >= 0.3 is 0 Å². The van der Waals surface area contributed by atoms with Crippen LogP contribution in [0.1, 0.15) is 26.2 Å². The summed E-state index contributed by atoms with van der Waals surface area (Å²) in [6, 6.07) is 6.17. The summed E-state index contributed by atoms with van der Waals surface area (Å²) >= 11 is 6.97. The molecule has 0 fully saturated rings. The SMILES string of the molecule is CCCCCNc1cc(Br)ccc1Br. The van der Waals surface area contributed by atoms with Crippen molar-refractivity contribution in [2.75, 3.05) is 11.9 Å². The molecular weight excluding hydrogens is 306 g/mol. The van der Waals surface area contributed by atoms with Gasteiger partial charge in [-0.3, -0.25) is 0 Å². The van der Waals surface area contributed by atoms with Gasteiger partial charge in [0.15, 0.2) is 0 Å². The van der Waals surface area contributed by atoms with Gasteiger partial charge in [-0.05, 0) is 40.5 Å². The maximum atomic E-state index is 3.52. The summed E-state index contributed by atoms with van der Waals surface area (Å²) < 4.78 is 2.23. The van der Waals surface area contributed by atoms with Gasteiger partial charge in [0.05, 0.1) is 0 Å². The highest BCUT2D eigenvalue weighted by Gasteiger charge is 1.98. The Morgan fingerprint density at radius 2 is 2.00 bits per heavy atom. The van der Waals surface area contributed by atoms with Crippen LogP contribution >= 0.6 is 31.9 Å². The molecular formula is C11H15Br2N. The lowest BCUT2D eigenvalue weighted by Crippen LogP contribution is -2.01. The van der Waals surface area contributed by atoms with Crippen LogP contribution in [-0.4, -0.2) is 6.54 Å². The molecule has 0 heterocycles. The Morgan fingerprint density at radius 3 is 2.71 bits per heavy atom. The Balaban J connectivity index is 2.45. The summed E-state index contributed by atoms with van der Waals surface area (Å²) in [5.41, 5.74) is 1.16. The van der Waals surface area contributed by atoms with E-state index in [2.05, 4.69) is 50.2 Å². The molecule has 0 unspecified atom stereocenters. The Labute approximate surface area is 103 Å². The van der Waals surface area contributed by atoms with Gasteiger partial charge in [0.25, 0.3) is 0 Å². The Bertz CT molecular complexity index is 287. The van der Waals surface area contributed by atoms with Gasteiger partial charge in [-0.2, -0.15) is 0 Å². The molecule has 0 aromatic heterocycles. The molecule has 3 heteroatoms. The van der Waals surface area contributed by atoms with Crippen LogP contribution in [0.4, 0.5) is 5.69 Å². The summed E-state index contributed by atoms with van der Waals surface area (Å²) in [5, 5.41) is 3.41. The number of rotatable bonds is 5. The van der Waals surface area contributed by atoms with Crippen LogP contribution in [0.3, 0.4) is 0 Å². The topological polar surface area (TPSA) is 12.0 Å². The van der Waals surface area contributed by atoms with Crippen LogP contribution in [0.15, 0.2) is 27.1 Å². The van der Waals surface area contributed by atoms with Crippen molar-refractivity contribution >= 4 is 37.5 Å². The van der Waals surface area contributed by atoms with Crippen LogP contribution in [0.5, 0.6) is 0 Å². The molecule has 0 aliphatic heterocycles. The zero-order valence-corrected chi connectivity index (χ0v) is 11.5. The second-order valence-electron chi connectivity index (χ2n) is 3.26. The van der Waals surface area contributed by atoms with Crippen molar-refractivity contribution in [3.05, 3.63) is 27.1 Å². The van der Waals surface area contributed by atoms with Gasteiger partial charge in [-0.15, -0.1) is 0 Å². The van der Waals surface area contributed by atoms with E-state index in [-0.39, 0.29) is 0 Å². The zero-order valence-electron chi connectivity index (χ0n) is 8.32. The molecule has 78 valence electrons. The first kappa shape index (κ1) is 12.1. The Morgan fingerprint density at radius 1 is 1.21 bits per heavy atom. The third-order valence-electron chi connectivity index (χ3n) is 2.02. The van der Waals surface area contributed by atoms with Crippen LogP contribution < -0.4 is 5.32 Å². The van der Waals surface area contributed by atoms with E-state index in [4.69, 9.17) is 0 Å². The second kappa shape index (κ2) is 6.46. The first-order chi connectivity index (χ1) is 6.74. The van der Waals surface area contributed by atoms with Crippen LogP contribution in [0, 0.1) is 0 Å². The molecule has 1 aromatic rings. The number of nitrogens with one attached hydrogen (secondary N) is 1. The first-order valence-corrected chi connectivity index (χ1v) is 6.51. The predicted octanol–water partition coefficient (Wildman–Crippen LogP) is 4.81. The minimum atomic E-state index is 1.04. The van der Waals surface area contributed by atoms with Gasteiger partial charge in [0.2, 0.25) is 0 Å². The van der Waals surface area contributed by atoms with Gasteiger partial charge < -0.3 is 5.32 Å². The fourth-order valence-electron chi connectivity index (χ4n) is 1.23. The van der Waals surface area contributed by atoms with Crippen molar-refractivity contribution in [1.29, 1.82) is 0 Å². The average molecular weight is 321 g/mol. The lowest BCUT2D eigenvalue weighted by molar-refractivity contribution is 0.743. The Kier molecular flexibility index (Phi) is 5.56. The van der Waals surface area contributed by atoms with Crippen LogP contribution in [0.2, 0.25) is 0 Å². The van der Waals surface area contributed by atoms with Crippen molar-refractivity contribution < 1.29 is 0 Å². The molecule has 0 aliphatic carbocycles. The summed E-state index contributed by atoms with van der Waals surface area (Å²) in [4.78, 5) is 0. The summed E-state index contributed by atoms with van der Waals surface area (Å²) in [5.74, 6) is 0. The summed E-state index contributed by atoms with van der Waals surface area (Å²) in [6.07, 6.45) is 3.79. The molecule has 0 aliphatic rings. The molecule has 0 saturated carbocycles. The molecule has 0 amide bonds. The number of hydrogen-bond acceptors (Lipinski definition) is 1. The molecule has 0 atom stereocenters. The molecule has 1 nitrogen and oxygen atoms in total. The molecule has 0 saturated heterocycles. The highest BCUT2D eigenvalue weighted by atomic mass is 79.9. The van der Waals surface area contributed by atoms with E-state index in [0.717, 1.165) is 21.2 Å². The van der Waals surface area contributed by atoms with Crippen molar-refractivity contribution in [3.63, 3.8) is 0 Å². The third-order valence-corrected chi connectivity index (χ3v) is 3.21. The largest absolute Gasteiger partial charge is 0.384 e. The van der Waals surface area contributed by atoms with E-state index in [1.54, 1.807) is 0 Å². The lowest BCUT2D eigenvalue weighted by Gasteiger charge is -2.08. The summed E-state index contributed by atoms with van der Waals surface area (Å²) in [7, 11) is 0. The summed E-state index contributed by atoms with van der Waals surface area (Å²) in [6.45, 7) is 3.26. The molecule has 14 heavy (non-hydrogen) atoms. The van der Waals surface area contributed by atoms with E-state index in [1.165, 1.54) is 19.3 Å². The standard InChI is InChI=1S/C11H15Br2N/c1-2-3-4-7-14-11-8-9(12)5-6-10(11)13/h5-6,8,14H,2-4,7H2,1H3. The normalized spacial score (nSPS) is 10.2. The zero-order chi connectivity index (χ0) is 10.4. The fraction of sp³-hybridized carbons (Fsp3) is 0.455. The number of hydrogen-bond donors (Lipinski definition) is 1. The van der Waals surface area contributed by atoms with Crippen molar-refractivity contribution in [3.8, 4) is 0 Å². The van der Waals surface area contributed by atoms with Crippen LogP contribution in [0.25, 0.3) is 0 Å². The number of benzene rings is 1. The fourth-order valence-corrected chi connectivity index (χ4v) is 1.98. The van der Waals surface area contributed by atoms with Crippen molar-refractivity contribution in [2.24, 2.45) is 0 Å². The number of unbranched alkanes of at least 4 members (excludes halogenated alkanes) is 2. The van der Waals surface area contributed by atoms with Gasteiger partial charge in [0.1, 0.15) is 0 Å². The molecule has 0 radical (unpaired) electrons. The monoisotopic (exact) mass is 319 g/mol. The molecule has 1 rings (SSSR count). The van der Waals surface area contributed by atoms with Crippen LogP contribution in [-0.2, 0) is 0 Å². The number of halogens is 2. The van der Waals surface area contributed by atoms with Crippen molar-refractivity contribution in [1.82, 2.24) is 0 Å². The lowest BCUT2D eigenvalue weighted by atomic mass is 10.2. The second-order valence-corrected chi connectivity index (χ2v) is 5.03. The molecule has 1 N–H and O–H groups in total. The van der Waals surface area contributed by atoms with Gasteiger partial charge in [-0.25, -0.2) is 0 Å². The average Bonchev–Trinajstić information content (AvgIpc) is 2.18. The minimum Gasteiger partial charge on any atom is -0.384 e. The minimum absolute atomic E-state index is 1.04. The van der Waals surface area contributed by atoms with Gasteiger partial charge in [0, 0.05) is 21.2 Å². The maximum absolute atomic E-state index is 3.52. The highest BCUT2D eigenvalue weighted by Crippen LogP contribution is 2.26. The van der Waals surface area contributed by atoms with Gasteiger partial charge in [-0.1, -0.05) is 35.7 Å². The predicted molar refractivity (Wildman–Crippen MR) is 69.9 cm³/mol. The number of anilines is 1. The Hall–Kier alpha value is -0.0200. The quantitative estimate of drug-likeness (QED) is 0.767. The van der Waals surface area contributed by atoms with E-state index in [9.17, 15) is 0 Å².